The van der Waals surface area contributed by atoms with E-state index < -0.39 is 82.5 Å². The van der Waals surface area contributed by atoms with E-state index in [0.29, 0.717) is 5.57 Å². The molecule has 4 aliphatic rings. The van der Waals surface area contributed by atoms with Crippen molar-refractivity contribution < 1.29 is 53.8 Å². The normalized spacial score (nSPS) is 41.0. The van der Waals surface area contributed by atoms with Gasteiger partial charge in [-0.05, 0) is 50.5 Å². The van der Waals surface area contributed by atoms with Crippen LogP contribution in [0.5, 0.6) is 0 Å². The molecule has 11 heteroatoms. The first kappa shape index (κ1) is 30.6. The lowest BCUT2D eigenvalue weighted by atomic mass is 9.49. The Labute approximate surface area is 244 Å². The molecule has 11 nitrogen and oxygen atoms in total. The zero-order valence-corrected chi connectivity index (χ0v) is 24.7. The predicted octanol–water partition coefficient (Wildman–Crippen LogP) is 1.44. The average molecular weight is 589 g/mol. The van der Waals surface area contributed by atoms with Crippen LogP contribution in [0.3, 0.4) is 0 Å². The number of carbonyl (C=O) groups is 3. The molecule has 5 rings (SSSR count). The van der Waals surface area contributed by atoms with Gasteiger partial charge in [-0.15, -0.1) is 0 Å². The highest BCUT2D eigenvalue weighted by Gasteiger charge is 2.79. The molecule has 2 saturated carbocycles. The maximum Gasteiger partial charge on any atom is 0.338 e. The molecule has 4 N–H and O–H groups in total. The molecule has 0 bridgehead atoms. The number of benzene rings is 1. The summed E-state index contributed by atoms with van der Waals surface area (Å²) in [6.45, 7) is 8.48. The predicted molar refractivity (Wildman–Crippen MR) is 146 cm³/mol. The minimum Gasteiger partial charge on any atom is -0.461 e. The third-order valence-electron chi connectivity index (χ3n) is 10.3. The summed E-state index contributed by atoms with van der Waals surface area (Å²) in [5, 5.41) is 47.3. The fourth-order valence-corrected chi connectivity index (χ4v) is 8.35. The van der Waals surface area contributed by atoms with E-state index >= 15 is 0 Å². The maximum absolute atomic E-state index is 13.6. The molecule has 0 unspecified atom stereocenters. The van der Waals surface area contributed by atoms with E-state index in [1.165, 1.54) is 27.7 Å². The molecule has 3 fully saturated rings. The van der Waals surface area contributed by atoms with Gasteiger partial charge in [-0.2, -0.15) is 0 Å². The van der Waals surface area contributed by atoms with E-state index in [1.54, 1.807) is 44.2 Å². The lowest BCUT2D eigenvalue weighted by Gasteiger charge is -2.65. The molecule has 1 aromatic carbocycles. The van der Waals surface area contributed by atoms with Crippen LogP contribution in [0.2, 0.25) is 0 Å². The summed E-state index contributed by atoms with van der Waals surface area (Å²) < 4.78 is 24.0. The first-order valence-corrected chi connectivity index (χ1v) is 14.2. The first-order valence-electron chi connectivity index (χ1n) is 14.2. The number of hydrogen-bond donors (Lipinski definition) is 4. The second-order valence-electron chi connectivity index (χ2n) is 13.0. The Hall–Kier alpha value is -2.83. The molecular formula is C31H40O11. The van der Waals surface area contributed by atoms with Gasteiger partial charge >= 0.3 is 17.9 Å². The van der Waals surface area contributed by atoms with Gasteiger partial charge in [0, 0.05) is 25.7 Å². The van der Waals surface area contributed by atoms with Crippen LogP contribution < -0.4 is 0 Å². The van der Waals surface area contributed by atoms with Gasteiger partial charge in [0.1, 0.15) is 24.4 Å². The summed E-state index contributed by atoms with van der Waals surface area (Å²) in [5.74, 6) is -3.32. The molecule has 0 amide bonds. The topological polar surface area (TPSA) is 169 Å². The van der Waals surface area contributed by atoms with Crippen LogP contribution in [-0.2, 0) is 28.5 Å². The number of fused-ring (bicyclic) bond motifs is 4. The highest BCUT2D eigenvalue weighted by Crippen LogP contribution is 2.68. The van der Waals surface area contributed by atoms with E-state index in [-0.39, 0.29) is 30.6 Å². The van der Waals surface area contributed by atoms with Crippen LogP contribution in [0.4, 0.5) is 0 Å². The minimum atomic E-state index is -1.75. The molecule has 1 heterocycles. The van der Waals surface area contributed by atoms with Gasteiger partial charge in [-0.1, -0.05) is 25.1 Å². The van der Waals surface area contributed by atoms with Crippen molar-refractivity contribution >= 4 is 17.9 Å². The van der Waals surface area contributed by atoms with Gasteiger partial charge in [0.15, 0.2) is 5.60 Å². The summed E-state index contributed by atoms with van der Waals surface area (Å²) >= 11 is 0. The van der Waals surface area contributed by atoms with Gasteiger partial charge in [-0.3, -0.25) is 9.59 Å². The SMILES string of the molecule is CC(=O)O[C@@H]1[C@H]2[C@]3(OC(C)=O)CO[C@@H]3C[C@@H](O)[C@@]2(C)[C@@H](OC(=O)c2ccccc2)[C@H](O)C2=C(C)[C@@H](O)C[C@]21C(C)(C)O. The van der Waals surface area contributed by atoms with Crippen molar-refractivity contribution in [2.45, 2.75) is 102 Å². The summed E-state index contributed by atoms with van der Waals surface area (Å²) in [7, 11) is 0. The number of ether oxygens (including phenoxy) is 4. The van der Waals surface area contributed by atoms with Gasteiger partial charge in [0.25, 0.3) is 0 Å². The van der Waals surface area contributed by atoms with Crippen molar-refractivity contribution in [3.63, 3.8) is 0 Å². The molecule has 42 heavy (non-hydrogen) atoms. The van der Waals surface area contributed by atoms with Crippen LogP contribution in [0.1, 0.15) is 64.7 Å². The third-order valence-corrected chi connectivity index (χ3v) is 10.3. The Morgan fingerprint density at radius 1 is 1.00 bits per heavy atom. The lowest BCUT2D eigenvalue weighted by molar-refractivity contribution is -0.351. The zero-order valence-electron chi connectivity index (χ0n) is 24.7. The molecule has 0 radical (unpaired) electrons. The summed E-state index contributed by atoms with van der Waals surface area (Å²) in [6.07, 6.45) is -7.97. The number of carbonyl (C=O) groups excluding carboxylic acids is 3. The van der Waals surface area contributed by atoms with Crippen molar-refractivity contribution in [1.29, 1.82) is 0 Å². The molecule has 1 aromatic rings. The van der Waals surface area contributed by atoms with Gasteiger partial charge < -0.3 is 39.4 Å². The monoisotopic (exact) mass is 588 g/mol. The van der Waals surface area contributed by atoms with Gasteiger partial charge in [0.2, 0.25) is 0 Å². The average Bonchev–Trinajstić information content (AvgIpc) is 3.14. The maximum atomic E-state index is 13.6. The lowest BCUT2D eigenvalue weighted by Crippen LogP contribution is -2.79. The van der Waals surface area contributed by atoms with E-state index in [4.69, 9.17) is 18.9 Å². The van der Waals surface area contributed by atoms with Crippen molar-refractivity contribution in [3.8, 4) is 0 Å². The zero-order chi connectivity index (χ0) is 31.0. The fourth-order valence-electron chi connectivity index (χ4n) is 8.35. The highest BCUT2D eigenvalue weighted by atomic mass is 16.6. The number of rotatable bonds is 5. The number of aliphatic hydroxyl groups excluding tert-OH is 3. The molecule has 1 aliphatic heterocycles. The Balaban J connectivity index is 1.84. The van der Waals surface area contributed by atoms with Crippen molar-refractivity contribution in [2.75, 3.05) is 6.61 Å². The van der Waals surface area contributed by atoms with Crippen molar-refractivity contribution in [1.82, 2.24) is 0 Å². The molecule has 10 atom stereocenters. The molecule has 0 aromatic heterocycles. The third kappa shape index (κ3) is 4.16. The molecule has 3 aliphatic carbocycles. The van der Waals surface area contributed by atoms with Crippen LogP contribution in [-0.4, -0.2) is 92.8 Å². The van der Waals surface area contributed by atoms with Crippen LogP contribution in [0, 0.1) is 16.7 Å². The van der Waals surface area contributed by atoms with Crippen molar-refractivity contribution in [3.05, 3.63) is 47.0 Å². The van der Waals surface area contributed by atoms with E-state index in [2.05, 4.69) is 0 Å². The van der Waals surface area contributed by atoms with Gasteiger partial charge in [-0.25, -0.2) is 4.79 Å². The fraction of sp³-hybridized carbons (Fsp3) is 0.645. The second-order valence-corrected chi connectivity index (χ2v) is 13.0. The summed E-state index contributed by atoms with van der Waals surface area (Å²) in [5.41, 5.74) is -5.82. The Morgan fingerprint density at radius 2 is 1.64 bits per heavy atom. The second kappa shape index (κ2) is 10.1. The Kier molecular flexibility index (Phi) is 7.38. The van der Waals surface area contributed by atoms with Crippen LogP contribution >= 0.6 is 0 Å². The van der Waals surface area contributed by atoms with Crippen molar-refractivity contribution in [2.24, 2.45) is 16.7 Å². The first-order chi connectivity index (χ1) is 19.5. The largest absolute Gasteiger partial charge is 0.461 e. The molecular weight excluding hydrogens is 548 g/mol. The number of esters is 3. The van der Waals surface area contributed by atoms with Crippen LogP contribution in [0.25, 0.3) is 0 Å². The summed E-state index contributed by atoms with van der Waals surface area (Å²) in [6, 6.07) is 8.13. The molecule has 1 saturated heterocycles. The highest BCUT2D eigenvalue weighted by molar-refractivity contribution is 5.89. The Bertz CT molecular complexity index is 1300. The number of hydrogen-bond acceptors (Lipinski definition) is 11. The number of aliphatic hydroxyl groups is 4. The quantitative estimate of drug-likeness (QED) is 0.223. The van der Waals surface area contributed by atoms with E-state index in [9.17, 15) is 34.8 Å². The smallest absolute Gasteiger partial charge is 0.338 e. The Morgan fingerprint density at radius 3 is 2.17 bits per heavy atom. The summed E-state index contributed by atoms with van der Waals surface area (Å²) in [4.78, 5) is 39.0. The minimum absolute atomic E-state index is 0.0324. The standard InChI is InChI=1S/C31H40O11/c1-15-19(34)13-30(28(4,5)38)22(15)23(36)25(41-27(37)18-10-8-7-9-11-18)29(6)20(35)12-21-31(14-39-21,42-17(3)33)24(29)26(30)40-16(2)32/h7-11,19-21,23-26,34-36,38H,12-14H2,1-6H3/t19-,20+,21+,23+,24+,25-,26+,29+,30-,31-/m0/s1. The van der Waals surface area contributed by atoms with E-state index in [1.807, 2.05) is 0 Å². The molecule has 0 spiro atoms. The van der Waals surface area contributed by atoms with Crippen LogP contribution in [0.15, 0.2) is 41.5 Å². The van der Waals surface area contributed by atoms with Gasteiger partial charge in [0.05, 0.1) is 41.3 Å². The molecule has 230 valence electrons. The van der Waals surface area contributed by atoms with E-state index in [0.717, 1.165) is 0 Å².